The molecule has 110 valence electrons. The largest absolute Gasteiger partial charge is 0.236 e. The zero-order valence-corrected chi connectivity index (χ0v) is 13.3. The third-order valence-electron chi connectivity index (χ3n) is 3.72. The van der Waals surface area contributed by atoms with Crippen molar-refractivity contribution >= 4 is 33.7 Å². The van der Waals surface area contributed by atoms with Crippen molar-refractivity contribution in [3.05, 3.63) is 90.0 Å². The van der Waals surface area contributed by atoms with Crippen LogP contribution in [0.25, 0.3) is 32.9 Å². The predicted molar refractivity (Wildman–Crippen MR) is 100 cm³/mol. The fourth-order valence-corrected chi connectivity index (χ4v) is 3.46. The molecule has 1 nitrogen and oxygen atoms in total. The maximum absolute atomic E-state index is 4.71. The summed E-state index contributed by atoms with van der Waals surface area (Å²) in [7, 11) is 0. The molecule has 0 radical (unpaired) electrons. The maximum Gasteiger partial charge on any atom is 0.124 e. The molecule has 0 saturated heterocycles. The Morgan fingerprint density at radius 3 is 2.04 bits per heavy atom. The number of nitrogens with zero attached hydrogens (tertiary/aromatic N) is 1. The van der Waals surface area contributed by atoms with Crippen molar-refractivity contribution in [3.63, 3.8) is 0 Å². The van der Waals surface area contributed by atoms with Gasteiger partial charge in [0.2, 0.25) is 0 Å². The summed E-state index contributed by atoms with van der Waals surface area (Å²) in [6, 6.07) is 27.2. The molecule has 0 saturated carbocycles. The normalized spacial score (nSPS) is 11.3. The summed E-state index contributed by atoms with van der Waals surface area (Å²) in [5.41, 5.74) is 4.64. The zero-order chi connectivity index (χ0) is 15.5. The summed E-state index contributed by atoms with van der Waals surface area (Å²) < 4.78 is 1.23. The van der Waals surface area contributed by atoms with Gasteiger partial charge in [-0.25, -0.2) is 4.98 Å². The van der Waals surface area contributed by atoms with Crippen molar-refractivity contribution in [1.82, 2.24) is 4.98 Å². The maximum atomic E-state index is 4.71. The molecule has 0 N–H and O–H groups in total. The molecule has 1 heterocycles. The Labute approximate surface area is 139 Å². The van der Waals surface area contributed by atoms with E-state index >= 15 is 0 Å². The van der Waals surface area contributed by atoms with Gasteiger partial charge in [0.05, 0.1) is 10.2 Å². The summed E-state index contributed by atoms with van der Waals surface area (Å²) in [6.45, 7) is 0. The third-order valence-corrected chi connectivity index (χ3v) is 4.80. The highest BCUT2D eigenvalue weighted by Crippen LogP contribution is 2.30. The molecule has 0 bridgehead atoms. The van der Waals surface area contributed by atoms with Crippen LogP contribution in [-0.4, -0.2) is 4.98 Å². The minimum Gasteiger partial charge on any atom is -0.236 e. The van der Waals surface area contributed by atoms with E-state index in [1.165, 1.54) is 21.4 Å². The van der Waals surface area contributed by atoms with Crippen molar-refractivity contribution in [2.75, 3.05) is 0 Å². The molecule has 0 aliphatic heterocycles. The van der Waals surface area contributed by atoms with Crippen LogP contribution >= 0.6 is 11.3 Å². The number of aromatic nitrogens is 1. The number of para-hydroxylation sites is 1. The predicted octanol–water partition coefficient (Wildman–Crippen LogP) is 6.13. The van der Waals surface area contributed by atoms with Crippen LogP contribution in [0.3, 0.4) is 0 Å². The number of hydrogen-bond donors (Lipinski definition) is 0. The first-order valence-electron chi connectivity index (χ1n) is 7.58. The monoisotopic (exact) mass is 313 g/mol. The van der Waals surface area contributed by atoms with Gasteiger partial charge in [-0.1, -0.05) is 78.9 Å². The van der Waals surface area contributed by atoms with E-state index in [1.54, 1.807) is 11.3 Å². The van der Waals surface area contributed by atoms with Crippen molar-refractivity contribution in [2.24, 2.45) is 0 Å². The summed E-state index contributed by atoms with van der Waals surface area (Å²) >= 11 is 1.74. The van der Waals surface area contributed by atoms with Gasteiger partial charge in [-0.05, 0) is 23.3 Å². The second-order valence-corrected chi connectivity index (χ2v) is 6.38. The van der Waals surface area contributed by atoms with Gasteiger partial charge in [0.1, 0.15) is 5.01 Å². The number of thiazole rings is 1. The van der Waals surface area contributed by atoms with Crippen molar-refractivity contribution in [1.29, 1.82) is 0 Å². The van der Waals surface area contributed by atoms with Crippen LogP contribution in [-0.2, 0) is 0 Å². The molecule has 1 aromatic heterocycles. The van der Waals surface area contributed by atoms with Gasteiger partial charge in [-0.15, -0.1) is 11.3 Å². The third kappa shape index (κ3) is 3.08. The summed E-state index contributed by atoms with van der Waals surface area (Å²) in [5, 5.41) is 1.07. The Kier molecular flexibility index (Phi) is 3.75. The van der Waals surface area contributed by atoms with E-state index in [0.717, 1.165) is 10.5 Å². The Morgan fingerprint density at radius 1 is 0.652 bits per heavy atom. The average molecular weight is 313 g/mol. The summed E-state index contributed by atoms with van der Waals surface area (Å²) in [4.78, 5) is 4.71. The van der Waals surface area contributed by atoms with Gasteiger partial charge in [0, 0.05) is 5.56 Å². The molecule has 0 aliphatic carbocycles. The SMILES string of the molecule is C(=C\c1ccc(-c2nc3ccccc3s2)cc1)/c1ccccc1. The first-order valence-corrected chi connectivity index (χ1v) is 8.39. The lowest BCUT2D eigenvalue weighted by atomic mass is 10.1. The molecule has 0 fully saturated rings. The lowest BCUT2D eigenvalue weighted by Crippen LogP contribution is -1.77. The van der Waals surface area contributed by atoms with E-state index in [0.29, 0.717) is 0 Å². The van der Waals surface area contributed by atoms with Gasteiger partial charge in [-0.2, -0.15) is 0 Å². The van der Waals surface area contributed by atoms with E-state index in [4.69, 9.17) is 4.98 Å². The topological polar surface area (TPSA) is 12.9 Å². The van der Waals surface area contributed by atoms with E-state index in [1.807, 2.05) is 12.1 Å². The molecule has 4 aromatic rings. The van der Waals surface area contributed by atoms with Crippen molar-refractivity contribution in [2.45, 2.75) is 0 Å². The molecular weight excluding hydrogens is 298 g/mol. The fraction of sp³-hybridized carbons (Fsp3) is 0. The highest BCUT2D eigenvalue weighted by Gasteiger charge is 2.05. The van der Waals surface area contributed by atoms with Gasteiger partial charge in [0.25, 0.3) is 0 Å². The Balaban J connectivity index is 1.59. The number of hydrogen-bond acceptors (Lipinski definition) is 2. The number of rotatable bonds is 3. The molecule has 4 rings (SSSR count). The highest BCUT2D eigenvalue weighted by molar-refractivity contribution is 7.21. The van der Waals surface area contributed by atoms with Gasteiger partial charge in [-0.3, -0.25) is 0 Å². The van der Waals surface area contributed by atoms with E-state index in [9.17, 15) is 0 Å². The van der Waals surface area contributed by atoms with Gasteiger partial charge >= 0.3 is 0 Å². The van der Waals surface area contributed by atoms with E-state index < -0.39 is 0 Å². The molecule has 0 aliphatic rings. The van der Waals surface area contributed by atoms with Crippen LogP contribution < -0.4 is 0 Å². The van der Waals surface area contributed by atoms with Crippen molar-refractivity contribution in [3.8, 4) is 10.6 Å². The molecule has 0 spiro atoms. The fourth-order valence-electron chi connectivity index (χ4n) is 2.49. The lowest BCUT2D eigenvalue weighted by molar-refractivity contribution is 1.47. The van der Waals surface area contributed by atoms with Crippen LogP contribution in [0.2, 0.25) is 0 Å². The Bertz CT molecular complexity index is 917. The quantitative estimate of drug-likeness (QED) is 0.414. The molecule has 3 aromatic carbocycles. The number of fused-ring (bicyclic) bond motifs is 1. The van der Waals surface area contributed by atoms with Crippen LogP contribution in [0.4, 0.5) is 0 Å². The van der Waals surface area contributed by atoms with Crippen LogP contribution in [0, 0.1) is 0 Å². The highest BCUT2D eigenvalue weighted by atomic mass is 32.1. The molecule has 2 heteroatoms. The van der Waals surface area contributed by atoms with Crippen molar-refractivity contribution < 1.29 is 0 Å². The van der Waals surface area contributed by atoms with Gasteiger partial charge in [0.15, 0.2) is 0 Å². The average Bonchev–Trinajstić information content (AvgIpc) is 3.05. The first-order chi connectivity index (χ1) is 11.4. The zero-order valence-electron chi connectivity index (χ0n) is 12.5. The molecule has 23 heavy (non-hydrogen) atoms. The standard InChI is InChI=1S/C21H15NS/c1-2-6-16(7-3-1)10-11-17-12-14-18(15-13-17)21-22-19-8-4-5-9-20(19)23-21/h1-15H/b11-10+. The second kappa shape index (κ2) is 6.19. The smallest absolute Gasteiger partial charge is 0.124 e. The minimum atomic E-state index is 1.07. The van der Waals surface area contributed by atoms with E-state index in [2.05, 4.69) is 78.9 Å². The van der Waals surface area contributed by atoms with Crippen LogP contribution in [0.5, 0.6) is 0 Å². The number of benzene rings is 3. The lowest BCUT2D eigenvalue weighted by Gasteiger charge is -1.98. The Morgan fingerprint density at radius 2 is 1.30 bits per heavy atom. The summed E-state index contributed by atoms with van der Waals surface area (Å²) in [6.07, 6.45) is 4.27. The van der Waals surface area contributed by atoms with Crippen LogP contribution in [0.1, 0.15) is 11.1 Å². The van der Waals surface area contributed by atoms with Crippen LogP contribution in [0.15, 0.2) is 78.9 Å². The summed E-state index contributed by atoms with van der Waals surface area (Å²) in [5.74, 6) is 0. The second-order valence-electron chi connectivity index (χ2n) is 5.35. The molecular formula is C21H15NS. The Hall–Kier alpha value is -2.71. The first kappa shape index (κ1) is 13.9. The molecule has 0 amide bonds. The molecule has 0 atom stereocenters. The van der Waals surface area contributed by atoms with Gasteiger partial charge < -0.3 is 0 Å². The minimum absolute atomic E-state index is 1.07. The van der Waals surface area contributed by atoms with E-state index in [-0.39, 0.29) is 0 Å². The molecule has 0 unspecified atom stereocenters.